The molecule has 4 heteroatoms. The first-order valence-electron chi connectivity index (χ1n) is 5.89. The van der Waals surface area contributed by atoms with Crippen molar-refractivity contribution in [2.24, 2.45) is 5.73 Å². The lowest BCUT2D eigenvalue weighted by atomic mass is 10.1. The maximum Gasteiger partial charge on any atom is 0.246 e. The van der Waals surface area contributed by atoms with Crippen LogP contribution < -0.4 is 5.73 Å². The highest BCUT2D eigenvalue weighted by Gasteiger charge is 2.19. The summed E-state index contributed by atoms with van der Waals surface area (Å²) in [7, 11) is 0. The average Bonchev–Trinajstić information content (AvgIpc) is 2.37. The maximum atomic E-state index is 11.9. The molecule has 1 aliphatic heterocycles. The largest absolute Gasteiger partial charge is 0.338 e. The van der Waals surface area contributed by atoms with Gasteiger partial charge in [0, 0.05) is 31.4 Å². The molecule has 1 atom stereocenters. The predicted octanol–water partition coefficient (Wildman–Crippen LogP) is 1.04. The fourth-order valence-electron chi connectivity index (χ4n) is 1.95. The Morgan fingerprint density at radius 2 is 2.41 bits per heavy atom. The van der Waals surface area contributed by atoms with Crippen molar-refractivity contribution in [3.8, 4) is 0 Å². The van der Waals surface area contributed by atoms with E-state index in [1.807, 2.05) is 18.2 Å². The van der Waals surface area contributed by atoms with E-state index in [0.29, 0.717) is 6.54 Å². The first-order chi connectivity index (χ1) is 8.25. The molecule has 1 aromatic rings. The summed E-state index contributed by atoms with van der Waals surface area (Å²) in [5, 5.41) is 0. The van der Waals surface area contributed by atoms with Crippen LogP contribution in [0.3, 0.4) is 0 Å². The van der Waals surface area contributed by atoms with Gasteiger partial charge in [0.2, 0.25) is 5.91 Å². The van der Waals surface area contributed by atoms with Gasteiger partial charge in [-0.3, -0.25) is 9.78 Å². The minimum absolute atomic E-state index is 0.0193. The summed E-state index contributed by atoms with van der Waals surface area (Å²) >= 11 is 0. The van der Waals surface area contributed by atoms with Crippen LogP contribution in [0.5, 0.6) is 0 Å². The molecule has 1 unspecified atom stereocenters. The average molecular weight is 231 g/mol. The van der Waals surface area contributed by atoms with Gasteiger partial charge in [-0.1, -0.05) is 6.07 Å². The second kappa shape index (κ2) is 5.59. The van der Waals surface area contributed by atoms with Crippen molar-refractivity contribution in [1.82, 2.24) is 9.88 Å². The van der Waals surface area contributed by atoms with Gasteiger partial charge in [-0.15, -0.1) is 0 Å². The van der Waals surface area contributed by atoms with Crippen LogP contribution in [0.4, 0.5) is 0 Å². The van der Waals surface area contributed by atoms with Gasteiger partial charge in [0.25, 0.3) is 0 Å². The highest BCUT2D eigenvalue weighted by Crippen LogP contribution is 2.09. The van der Waals surface area contributed by atoms with E-state index >= 15 is 0 Å². The molecule has 2 N–H and O–H groups in total. The smallest absolute Gasteiger partial charge is 0.246 e. The minimum atomic E-state index is 0.0193. The number of likely N-dealkylation sites (tertiary alicyclic amines) is 1. The van der Waals surface area contributed by atoms with E-state index < -0.39 is 0 Å². The minimum Gasteiger partial charge on any atom is -0.338 e. The van der Waals surface area contributed by atoms with E-state index in [4.69, 9.17) is 5.73 Å². The molecule has 90 valence electrons. The molecule has 0 aromatic carbocycles. The molecule has 0 bridgehead atoms. The number of amides is 1. The van der Waals surface area contributed by atoms with Crippen molar-refractivity contribution >= 4 is 12.0 Å². The van der Waals surface area contributed by atoms with Crippen molar-refractivity contribution in [3.05, 3.63) is 36.2 Å². The van der Waals surface area contributed by atoms with Crippen molar-refractivity contribution in [1.29, 1.82) is 0 Å². The van der Waals surface area contributed by atoms with Crippen molar-refractivity contribution < 1.29 is 4.79 Å². The first kappa shape index (κ1) is 11.8. The highest BCUT2D eigenvalue weighted by atomic mass is 16.2. The van der Waals surface area contributed by atoms with E-state index in [1.165, 1.54) is 0 Å². The standard InChI is InChI=1S/C13H17N3O/c14-11-4-3-9-16(10-11)13(17)7-6-12-5-1-2-8-15-12/h1-2,5-8,11H,3-4,9-10,14H2. The van der Waals surface area contributed by atoms with Crippen LogP contribution in [0.15, 0.2) is 30.5 Å². The molecule has 0 saturated carbocycles. The summed E-state index contributed by atoms with van der Waals surface area (Å²) < 4.78 is 0. The lowest BCUT2D eigenvalue weighted by Crippen LogP contribution is -2.45. The highest BCUT2D eigenvalue weighted by molar-refractivity contribution is 5.91. The normalized spacial score (nSPS) is 20.8. The number of nitrogens with two attached hydrogens (primary N) is 1. The number of carbonyl (C=O) groups is 1. The van der Waals surface area contributed by atoms with Gasteiger partial charge in [-0.2, -0.15) is 0 Å². The Balaban J connectivity index is 1.94. The fraction of sp³-hybridized carbons (Fsp3) is 0.385. The van der Waals surface area contributed by atoms with Crippen LogP contribution in [0.1, 0.15) is 18.5 Å². The Morgan fingerprint density at radius 3 is 3.12 bits per heavy atom. The van der Waals surface area contributed by atoms with Crippen LogP contribution in [-0.2, 0) is 4.79 Å². The number of piperidine rings is 1. The van der Waals surface area contributed by atoms with E-state index in [2.05, 4.69) is 4.98 Å². The van der Waals surface area contributed by atoms with E-state index in [-0.39, 0.29) is 11.9 Å². The first-order valence-corrected chi connectivity index (χ1v) is 5.89. The Bertz CT molecular complexity index is 402. The summed E-state index contributed by atoms with van der Waals surface area (Å²) in [4.78, 5) is 17.8. The topological polar surface area (TPSA) is 59.2 Å². The molecule has 1 amide bonds. The number of rotatable bonds is 2. The summed E-state index contributed by atoms with van der Waals surface area (Å²) in [5.41, 5.74) is 6.63. The summed E-state index contributed by atoms with van der Waals surface area (Å²) in [5.74, 6) is 0.0193. The molecule has 0 aliphatic carbocycles. The lowest BCUT2D eigenvalue weighted by Gasteiger charge is -2.29. The Labute approximate surface area is 101 Å². The Morgan fingerprint density at radius 1 is 1.53 bits per heavy atom. The second-order valence-corrected chi connectivity index (χ2v) is 4.27. The third kappa shape index (κ3) is 3.39. The van der Waals surface area contributed by atoms with E-state index in [9.17, 15) is 4.79 Å². The van der Waals surface area contributed by atoms with Gasteiger partial charge >= 0.3 is 0 Å². The van der Waals surface area contributed by atoms with Crippen molar-refractivity contribution in [2.45, 2.75) is 18.9 Å². The van der Waals surface area contributed by atoms with Crippen molar-refractivity contribution in [2.75, 3.05) is 13.1 Å². The quantitative estimate of drug-likeness (QED) is 0.774. The molecule has 1 fully saturated rings. The molecule has 1 aromatic heterocycles. The molecule has 0 spiro atoms. The predicted molar refractivity (Wildman–Crippen MR) is 67.1 cm³/mol. The maximum absolute atomic E-state index is 11.9. The third-order valence-electron chi connectivity index (χ3n) is 2.85. The van der Waals surface area contributed by atoms with Gasteiger partial charge in [0.15, 0.2) is 0 Å². The molecule has 2 rings (SSSR count). The van der Waals surface area contributed by atoms with Crippen LogP contribution in [0.25, 0.3) is 6.08 Å². The van der Waals surface area contributed by atoms with E-state index in [1.54, 1.807) is 23.2 Å². The molecule has 0 radical (unpaired) electrons. The summed E-state index contributed by atoms with van der Waals surface area (Å²) in [6.07, 6.45) is 7.02. The molecule has 4 nitrogen and oxygen atoms in total. The molecule has 2 heterocycles. The fourth-order valence-corrected chi connectivity index (χ4v) is 1.95. The van der Waals surface area contributed by atoms with Crippen LogP contribution in [0, 0.1) is 0 Å². The number of pyridine rings is 1. The summed E-state index contributed by atoms with van der Waals surface area (Å²) in [6, 6.07) is 5.73. The molecular formula is C13H17N3O. The Hall–Kier alpha value is -1.68. The number of hydrogen-bond donors (Lipinski definition) is 1. The molecule has 1 saturated heterocycles. The van der Waals surface area contributed by atoms with Gasteiger partial charge < -0.3 is 10.6 Å². The van der Waals surface area contributed by atoms with Crippen LogP contribution >= 0.6 is 0 Å². The molecule has 17 heavy (non-hydrogen) atoms. The number of aromatic nitrogens is 1. The molecular weight excluding hydrogens is 214 g/mol. The number of carbonyl (C=O) groups excluding carboxylic acids is 1. The van der Waals surface area contributed by atoms with Gasteiger partial charge in [0.05, 0.1) is 5.69 Å². The van der Waals surface area contributed by atoms with Gasteiger partial charge in [0.1, 0.15) is 0 Å². The van der Waals surface area contributed by atoms with Crippen LogP contribution in [-0.4, -0.2) is 34.9 Å². The Kier molecular flexibility index (Phi) is 3.88. The monoisotopic (exact) mass is 231 g/mol. The summed E-state index contributed by atoms with van der Waals surface area (Å²) in [6.45, 7) is 1.46. The molecule has 1 aliphatic rings. The van der Waals surface area contributed by atoms with Gasteiger partial charge in [-0.05, 0) is 31.1 Å². The lowest BCUT2D eigenvalue weighted by molar-refractivity contribution is -0.127. The number of hydrogen-bond acceptors (Lipinski definition) is 3. The zero-order valence-corrected chi connectivity index (χ0v) is 9.75. The van der Waals surface area contributed by atoms with Crippen LogP contribution in [0.2, 0.25) is 0 Å². The zero-order valence-electron chi connectivity index (χ0n) is 9.75. The van der Waals surface area contributed by atoms with Crippen molar-refractivity contribution in [3.63, 3.8) is 0 Å². The second-order valence-electron chi connectivity index (χ2n) is 4.27. The van der Waals surface area contributed by atoms with E-state index in [0.717, 1.165) is 25.1 Å². The SMILES string of the molecule is NC1CCCN(C(=O)C=Cc2ccccn2)C1. The number of nitrogens with zero attached hydrogens (tertiary/aromatic N) is 2. The third-order valence-corrected chi connectivity index (χ3v) is 2.85. The van der Waals surface area contributed by atoms with Gasteiger partial charge in [-0.25, -0.2) is 0 Å². The zero-order chi connectivity index (χ0) is 12.1.